The second kappa shape index (κ2) is 5.38. The molecule has 3 nitrogen and oxygen atoms in total. The zero-order valence-electron chi connectivity index (χ0n) is 10.1. The molecular weight excluding hydrogens is 230 g/mol. The van der Waals surface area contributed by atoms with Crippen molar-refractivity contribution in [2.45, 2.75) is 17.9 Å². The van der Waals surface area contributed by atoms with E-state index in [2.05, 4.69) is 36.3 Å². The first-order valence-electron chi connectivity index (χ1n) is 5.59. The third-order valence-corrected chi connectivity index (χ3v) is 3.73. The van der Waals surface area contributed by atoms with Crippen LogP contribution >= 0.6 is 11.8 Å². The topological polar surface area (TPSA) is 43.8 Å². The molecule has 0 saturated carbocycles. The molecule has 0 aliphatic carbocycles. The van der Waals surface area contributed by atoms with Crippen LogP contribution in [-0.2, 0) is 7.05 Å². The number of aryl methyl sites for hydroxylation is 2. The smallest absolute Gasteiger partial charge is 0.0537 e. The van der Waals surface area contributed by atoms with Gasteiger partial charge in [-0.25, -0.2) is 0 Å². The summed E-state index contributed by atoms with van der Waals surface area (Å²) in [5.74, 6) is 0.870. The second-order valence-corrected chi connectivity index (χ2v) is 5.27. The molecule has 2 rings (SSSR count). The summed E-state index contributed by atoms with van der Waals surface area (Å²) in [7, 11) is 1.91. The van der Waals surface area contributed by atoms with E-state index in [9.17, 15) is 0 Å². The van der Waals surface area contributed by atoms with Crippen molar-refractivity contribution in [1.82, 2.24) is 9.78 Å². The van der Waals surface area contributed by atoms with Gasteiger partial charge in [0.05, 0.1) is 6.20 Å². The molecule has 1 aromatic heterocycles. The summed E-state index contributed by atoms with van der Waals surface area (Å²) in [5.41, 5.74) is 8.49. The number of aromatic nitrogens is 2. The van der Waals surface area contributed by atoms with Crippen molar-refractivity contribution < 1.29 is 0 Å². The minimum Gasteiger partial charge on any atom is -0.323 e. The van der Waals surface area contributed by atoms with Crippen LogP contribution in [0.5, 0.6) is 0 Å². The van der Waals surface area contributed by atoms with E-state index < -0.39 is 0 Å². The van der Waals surface area contributed by atoms with Crippen molar-refractivity contribution >= 4 is 11.8 Å². The van der Waals surface area contributed by atoms with Crippen LogP contribution < -0.4 is 5.73 Å². The van der Waals surface area contributed by atoms with Gasteiger partial charge in [0.25, 0.3) is 0 Å². The molecule has 90 valence electrons. The molecule has 1 unspecified atom stereocenters. The molecule has 4 heteroatoms. The average molecular weight is 247 g/mol. The zero-order chi connectivity index (χ0) is 12.3. The van der Waals surface area contributed by atoms with E-state index >= 15 is 0 Å². The van der Waals surface area contributed by atoms with Crippen LogP contribution in [0, 0.1) is 6.92 Å². The van der Waals surface area contributed by atoms with Crippen molar-refractivity contribution in [3.05, 3.63) is 47.8 Å². The number of hydrogen-bond donors (Lipinski definition) is 1. The Bertz CT molecular complexity index is 476. The maximum atomic E-state index is 6.11. The lowest BCUT2D eigenvalue weighted by Crippen LogP contribution is -2.12. The van der Waals surface area contributed by atoms with E-state index in [0.717, 1.165) is 11.3 Å². The molecule has 17 heavy (non-hydrogen) atoms. The number of benzene rings is 1. The van der Waals surface area contributed by atoms with E-state index in [1.807, 2.05) is 19.4 Å². The Morgan fingerprint density at radius 1 is 1.35 bits per heavy atom. The molecule has 0 spiro atoms. The highest BCUT2D eigenvalue weighted by atomic mass is 32.2. The molecule has 0 saturated heterocycles. The van der Waals surface area contributed by atoms with Crippen LogP contribution in [0.2, 0.25) is 0 Å². The molecule has 0 aliphatic rings. The molecular formula is C13H17N3S. The number of hydrogen-bond acceptors (Lipinski definition) is 3. The molecule has 1 heterocycles. The number of thioether (sulfide) groups is 1. The maximum absolute atomic E-state index is 6.11. The van der Waals surface area contributed by atoms with Gasteiger partial charge in [-0.15, -0.1) is 11.8 Å². The molecule has 0 fully saturated rings. The van der Waals surface area contributed by atoms with Gasteiger partial charge in [-0.05, 0) is 19.1 Å². The fraction of sp³-hybridized carbons (Fsp3) is 0.308. The van der Waals surface area contributed by atoms with Gasteiger partial charge in [0.2, 0.25) is 0 Å². The third kappa shape index (κ3) is 3.35. The molecule has 0 bridgehead atoms. The van der Waals surface area contributed by atoms with Gasteiger partial charge in [-0.1, -0.05) is 17.7 Å². The summed E-state index contributed by atoms with van der Waals surface area (Å²) < 4.78 is 1.78. The number of nitrogens with zero attached hydrogens (tertiary/aromatic N) is 2. The fourth-order valence-electron chi connectivity index (χ4n) is 1.55. The van der Waals surface area contributed by atoms with Crippen molar-refractivity contribution in [2.75, 3.05) is 5.75 Å². The van der Waals surface area contributed by atoms with Gasteiger partial charge in [-0.3, -0.25) is 4.68 Å². The van der Waals surface area contributed by atoms with Gasteiger partial charge >= 0.3 is 0 Å². The molecule has 2 aromatic rings. The normalized spacial score (nSPS) is 12.6. The minimum atomic E-state index is 0.0370. The molecule has 0 amide bonds. The van der Waals surface area contributed by atoms with Gasteiger partial charge in [0, 0.05) is 35.5 Å². The van der Waals surface area contributed by atoms with Crippen LogP contribution in [0.3, 0.4) is 0 Å². The summed E-state index contributed by atoms with van der Waals surface area (Å²) in [5, 5.41) is 4.13. The fourth-order valence-corrected chi connectivity index (χ4v) is 2.44. The largest absolute Gasteiger partial charge is 0.323 e. The van der Waals surface area contributed by atoms with E-state index in [0.29, 0.717) is 0 Å². The Morgan fingerprint density at radius 2 is 2.06 bits per heavy atom. The predicted octanol–water partition coefficient (Wildman–Crippen LogP) is 2.52. The van der Waals surface area contributed by atoms with E-state index in [-0.39, 0.29) is 6.04 Å². The molecule has 0 radical (unpaired) electrons. The van der Waals surface area contributed by atoms with E-state index in [1.165, 1.54) is 10.5 Å². The SMILES string of the molecule is Cc1ccc(SCC(N)c2cnn(C)c2)cc1. The summed E-state index contributed by atoms with van der Waals surface area (Å²) in [6.07, 6.45) is 3.81. The van der Waals surface area contributed by atoms with E-state index in [4.69, 9.17) is 5.73 Å². The van der Waals surface area contributed by atoms with Crippen molar-refractivity contribution in [2.24, 2.45) is 12.8 Å². The molecule has 0 aliphatic heterocycles. The lowest BCUT2D eigenvalue weighted by atomic mass is 10.2. The zero-order valence-corrected chi connectivity index (χ0v) is 10.9. The highest BCUT2D eigenvalue weighted by Gasteiger charge is 2.08. The Balaban J connectivity index is 1.92. The van der Waals surface area contributed by atoms with Crippen molar-refractivity contribution in [1.29, 1.82) is 0 Å². The number of rotatable bonds is 4. The highest BCUT2D eigenvalue weighted by molar-refractivity contribution is 7.99. The van der Waals surface area contributed by atoms with Crippen LogP contribution in [0.15, 0.2) is 41.6 Å². The van der Waals surface area contributed by atoms with E-state index in [1.54, 1.807) is 16.4 Å². The highest BCUT2D eigenvalue weighted by Crippen LogP contribution is 2.23. The lowest BCUT2D eigenvalue weighted by Gasteiger charge is -2.08. The Labute approximate surface area is 106 Å². The molecule has 2 N–H and O–H groups in total. The first kappa shape index (κ1) is 12.2. The van der Waals surface area contributed by atoms with Crippen LogP contribution in [-0.4, -0.2) is 15.5 Å². The Hall–Kier alpha value is -1.26. The summed E-state index contributed by atoms with van der Waals surface area (Å²) in [6, 6.07) is 8.55. The van der Waals surface area contributed by atoms with Crippen LogP contribution in [0.4, 0.5) is 0 Å². The lowest BCUT2D eigenvalue weighted by molar-refractivity contribution is 0.763. The Kier molecular flexibility index (Phi) is 3.86. The first-order chi connectivity index (χ1) is 8.15. The summed E-state index contributed by atoms with van der Waals surface area (Å²) in [6.45, 7) is 2.09. The molecule has 1 atom stereocenters. The standard InChI is InChI=1S/C13H17N3S/c1-10-3-5-12(6-4-10)17-9-13(14)11-7-15-16(2)8-11/h3-8,13H,9,14H2,1-2H3. The van der Waals surface area contributed by atoms with Gasteiger partial charge in [0.1, 0.15) is 0 Å². The summed E-state index contributed by atoms with van der Waals surface area (Å²) in [4.78, 5) is 1.26. The number of nitrogens with two attached hydrogens (primary N) is 1. The Morgan fingerprint density at radius 3 is 2.65 bits per heavy atom. The average Bonchev–Trinajstić information content (AvgIpc) is 2.75. The second-order valence-electron chi connectivity index (χ2n) is 4.18. The predicted molar refractivity (Wildman–Crippen MR) is 72.0 cm³/mol. The molecule has 1 aromatic carbocycles. The van der Waals surface area contributed by atoms with Gasteiger partial charge in [0.15, 0.2) is 0 Å². The van der Waals surface area contributed by atoms with Crippen LogP contribution in [0.25, 0.3) is 0 Å². The van der Waals surface area contributed by atoms with Gasteiger partial charge in [-0.2, -0.15) is 5.10 Å². The summed E-state index contributed by atoms with van der Waals surface area (Å²) >= 11 is 1.78. The third-order valence-electron chi connectivity index (χ3n) is 2.60. The monoisotopic (exact) mass is 247 g/mol. The first-order valence-corrected chi connectivity index (χ1v) is 6.57. The quantitative estimate of drug-likeness (QED) is 0.844. The maximum Gasteiger partial charge on any atom is 0.0537 e. The van der Waals surface area contributed by atoms with Crippen molar-refractivity contribution in [3.8, 4) is 0 Å². The van der Waals surface area contributed by atoms with Crippen LogP contribution in [0.1, 0.15) is 17.2 Å². The van der Waals surface area contributed by atoms with Crippen molar-refractivity contribution in [3.63, 3.8) is 0 Å². The van der Waals surface area contributed by atoms with Gasteiger partial charge < -0.3 is 5.73 Å². The minimum absolute atomic E-state index is 0.0370.